The average molecular weight is 355 g/mol. The van der Waals surface area contributed by atoms with Crippen LogP contribution in [0.15, 0.2) is 34.3 Å². The molecule has 5 nitrogen and oxygen atoms in total. The lowest BCUT2D eigenvalue weighted by atomic mass is 9.96. The van der Waals surface area contributed by atoms with Gasteiger partial charge in [0.15, 0.2) is 5.82 Å². The summed E-state index contributed by atoms with van der Waals surface area (Å²) in [4.78, 5) is 10.4. The molecule has 1 aliphatic carbocycles. The molecule has 1 atom stereocenters. The Morgan fingerprint density at radius 3 is 3.00 bits per heavy atom. The first-order chi connectivity index (χ1) is 12.2. The van der Waals surface area contributed by atoms with Crippen LogP contribution in [0.2, 0.25) is 0 Å². The maximum Gasteiger partial charge on any atom is 0.237 e. The Labute approximate surface area is 150 Å². The first-order valence-electron chi connectivity index (χ1n) is 8.93. The van der Waals surface area contributed by atoms with E-state index in [0.29, 0.717) is 11.9 Å². The van der Waals surface area contributed by atoms with E-state index in [0.717, 1.165) is 35.2 Å². The molecule has 5 rings (SSSR count). The molecule has 130 valence electrons. The van der Waals surface area contributed by atoms with E-state index < -0.39 is 0 Å². The van der Waals surface area contributed by atoms with Crippen molar-refractivity contribution in [1.29, 1.82) is 0 Å². The summed E-state index contributed by atoms with van der Waals surface area (Å²) < 4.78 is 14.4. The number of aryl methyl sites for hydroxylation is 1. The maximum absolute atomic E-state index is 6.23. The molecule has 1 saturated carbocycles. The van der Waals surface area contributed by atoms with Crippen LogP contribution in [0.4, 0.5) is 0 Å². The molecule has 6 heteroatoms. The van der Waals surface area contributed by atoms with Gasteiger partial charge in [0.25, 0.3) is 0 Å². The number of rotatable bonds is 3. The third kappa shape index (κ3) is 2.55. The molecule has 3 aromatic rings. The van der Waals surface area contributed by atoms with E-state index in [9.17, 15) is 0 Å². The number of aromatic nitrogens is 3. The van der Waals surface area contributed by atoms with Crippen molar-refractivity contribution in [2.45, 2.75) is 50.7 Å². The van der Waals surface area contributed by atoms with Gasteiger partial charge in [0.05, 0.1) is 23.1 Å². The number of thiophene rings is 1. The fourth-order valence-corrected chi connectivity index (χ4v) is 4.92. The van der Waals surface area contributed by atoms with Gasteiger partial charge in [-0.3, -0.25) is 0 Å². The lowest BCUT2D eigenvalue weighted by Crippen LogP contribution is -2.23. The first-order valence-corrected chi connectivity index (χ1v) is 9.81. The predicted octanol–water partition coefficient (Wildman–Crippen LogP) is 4.85. The van der Waals surface area contributed by atoms with Gasteiger partial charge in [-0.05, 0) is 37.6 Å². The fourth-order valence-electron chi connectivity index (χ4n) is 4.27. The minimum Gasteiger partial charge on any atom is -0.440 e. The minimum absolute atomic E-state index is 0.104. The number of ether oxygens (including phenoxy) is 1. The quantitative estimate of drug-likeness (QED) is 0.674. The van der Waals surface area contributed by atoms with E-state index in [4.69, 9.17) is 14.1 Å². The smallest absolute Gasteiger partial charge is 0.237 e. The number of imidazole rings is 1. The summed E-state index contributed by atoms with van der Waals surface area (Å²) in [5.41, 5.74) is 0.938. The predicted molar refractivity (Wildman–Crippen MR) is 96.6 cm³/mol. The summed E-state index contributed by atoms with van der Waals surface area (Å²) >= 11 is 1.63. The summed E-state index contributed by atoms with van der Waals surface area (Å²) in [6, 6.07) is 4.37. The van der Waals surface area contributed by atoms with E-state index in [-0.39, 0.29) is 5.60 Å². The molecule has 0 aromatic carbocycles. The highest BCUT2D eigenvalue weighted by Gasteiger charge is 2.43. The molecular weight excluding hydrogens is 334 g/mol. The van der Waals surface area contributed by atoms with Crippen LogP contribution in [-0.2, 0) is 4.74 Å². The van der Waals surface area contributed by atoms with Crippen molar-refractivity contribution in [2.75, 3.05) is 6.61 Å². The lowest BCUT2D eigenvalue weighted by Gasteiger charge is -2.21. The Hall–Kier alpha value is -1.92. The molecule has 4 heterocycles. The third-order valence-electron chi connectivity index (χ3n) is 5.51. The van der Waals surface area contributed by atoms with Crippen molar-refractivity contribution in [3.63, 3.8) is 0 Å². The first kappa shape index (κ1) is 15.3. The van der Waals surface area contributed by atoms with Gasteiger partial charge in [0, 0.05) is 12.4 Å². The molecule has 2 fully saturated rings. The van der Waals surface area contributed by atoms with E-state index in [1.807, 2.05) is 30.6 Å². The van der Waals surface area contributed by atoms with Crippen LogP contribution < -0.4 is 0 Å². The Morgan fingerprint density at radius 1 is 1.32 bits per heavy atom. The second-order valence-corrected chi connectivity index (χ2v) is 8.07. The van der Waals surface area contributed by atoms with E-state index in [1.54, 1.807) is 11.3 Å². The van der Waals surface area contributed by atoms with Gasteiger partial charge in [0.1, 0.15) is 11.5 Å². The number of hydrogen-bond acceptors (Lipinski definition) is 5. The van der Waals surface area contributed by atoms with Crippen LogP contribution in [0.5, 0.6) is 0 Å². The van der Waals surface area contributed by atoms with Gasteiger partial charge < -0.3 is 13.7 Å². The van der Waals surface area contributed by atoms with Crippen LogP contribution >= 0.6 is 11.3 Å². The zero-order chi connectivity index (χ0) is 16.9. The minimum atomic E-state index is 0.104. The van der Waals surface area contributed by atoms with Gasteiger partial charge in [-0.2, -0.15) is 0 Å². The molecule has 3 aromatic heterocycles. The summed E-state index contributed by atoms with van der Waals surface area (Å²) in [6.07, 6.45) is 9.94. The van der Waals surface area contributed by atoms with Gasteiger partial charge in [-0.1, -0.05) is 18.9 Å². The van der Waals surface area contributed by atoms with Crippen LogP contribution in [0.25, 0.3) is 22.3 Å². The molecule has 1 unspecified atom stereocenters. The zero-order valence-electron chi connectivity index (χ0n) is 14.3. The second-order valence-electron chi connectivity index (χ2n) is 7.12. The number of oxazole rings is 1. The van der Waals surface area contributed by atoms with E-state index >= 15 is 0 Å². The standard InChI is InChI=1S/C19H21N3O2S/c1-13-16(21-18(24-13)15-5-4-10-25-15)17-20-8-9-22(17)14-11-19(23-12-14)6-2-3-7-19/h4-5,8-10,14H,2-3,6-7,11-12H2,1H3. The Kier molecular flexibility index (Phi) is 3.57. The average Bonchev–Trinajstić information content (AvgIpc) is 3.41. The Balaban J connectivity index is 1.48. The number of nitrogens with zero attached hydrogens (tertiary/aromatic N) is 3. The van der Waals surface area contributed by atoms with Crippen LogP contribution in [-0.4, -0.2) is 26.7 Å². The van der Waals surface area contributed by atoms with Gasteiger partial charge >= 0.3 is 0 Å². The second kappa shape index (κ2) is 5.81. The van der Waals surface area contributed by atoms with Gasteiger partial charge in [0.2, 0.25) is 5.89 Å². The van der Waals surface area contributed by atoms with E-state index in [1.165, 1.54) is 25.7 Å². The Morgan fingerprint density at radius 2 is 2.20 bits per heavy atom. The molecule has 0 bridgehead atoms. The van der Waals surface area contributed by atoms with Crippen molar-refractivity contribution >= 4 is 11.3 Å². The highest BCUT2D eigenvalue weighted by atomic mass is 32.1. The topological polar surface area (TPSA) is 53.1 Å². The molecule has 0 N–H and O–H groups in total. The molecule has 2 aliphatic rings. The largest absolute Gasteiger partial charge is 0.440 e. The number of hydrogen-bond donors (Lipinski definition) is 0. The van der Waals surface area contributed by atoms with Crippen molar-refractivity contribution in [3.05, 3.63) is 35.7 Å². The van der Waals surface area contributed by atoms with Crippen molar-refractivity contribution in [3.8, 4) is 22.3 Å². The Bertz CT molecular complexity index is 875. The van der Waals surface area contributed by atoms with Gasteiger partial charge in [-0.15, -0.1) is 11.3 Å². The summed E-state index contributed by atoms with van der Waals surface area (Å²) in [5, 5.41) is 2.03. The fraction of sp³-hybridized carbons (Fsp3) is 0.474. The maximum atomic E-state index is 6.23. The molecule has 0 amide bonds. The molecule has 1 saturated heterocycles. The molecular formula is C19H21N3O2S. The summed E-state index contributed by atoms with van der Waals surface area (Å²) in [5.74, 6) is 2.37. The van der Waals surface area contributed by atoms with E-state index in [2.05, 4.69) is 15.7 Å². The van der Waals surface area contributed by atoms with Crippen LogP contribution in [0.3, 0.4) is 0 Å². The highest BCUT2D eigenvalue weighted by Crippen LogP contribution is 2.45. The van der Waals surface area contributed by atoms with Crippen molar-refractivity contribution in [2.24, 2.45) is 0 Å². The summed E-state index contributed by atoms with van der Waals surface area (Å²) in [6.45, 7) is 2.72. The van der Waals surface area contributed by atoms with Crippen LogP contribution in [0.1, 0.15) is 43.9 Å². The lowest BCUT2D eigenvalue weighted by molar-refractivity contribution is 0.00959. The summed E-state index contributed by atoms with van der Waals surface area (Å²) in [7, 11) is 0. The molecule has 0 radical (unpaired) electrons. The molecule has 1 aliphatic heterocycles. The van der Waals surface area contributed by atoms with Crippen molar-refractivity contribution < 1.29 is 9.15 Å². The molecule has 1 spiro atoms. The SMILES string of the molecule is Cc1oc(-c2cccs2)nc1-c1nccn1C1COC2(CCCC2)C1. The molecule has 25 heavy (non-hydrogen) atoms. The third-order valence-corrected chi connectivity index (χ3v) is 6.36. The normalized spacial score (nSPS) is 22.2. The van der Waals surface area contributed by atoms with Crippen LogP contribution in [0, 0.1) is 6.92 Å². The van der Waals surface area contributed by atoms with Gasteiger partial charge in [-0.25, -0.2) is 9.97 Å². The zero-order valence-corrected chi connectivity index (χ0v) is 15.1. The van der Waals surface area contributed by atoms with Crippen molar-refractivity contribution in [1.82, 2.24) is 14.5 Å². The monoisotopic (exact) mass is 355 g/mol. The highest BCUT2D eigenvalue weighted by molar-refractivity contribution is 7.13.